The van der Waals surface area contributed by atoms with Crippen LogP contribution in [0.25, 0.3) is 11.1 Å². The first kappa shape index (κ1) is 17.0. The number of nitrogens with zero attached hydrogens (tertiary/aromatic N) is 2. The molecule has 0 aliphatic heterocycles. The Balaban J connectivity index is 1.92. The molecule has 0 heterocycles. The van der Waals surface area contributed by atoms with E-state index in [4.69, 9.17) is 0 Å². The van der Waals surface area contributed by atoms with Crippen LogP contribution in [0.5, 0.6) is 0 Å². The molecule has 3 rings (SSSR count). The summed E-state index contributed by atoms with van der Waals surface area (Å²) in [6.07, 6.45) is 0. The number of aliphatic hydroxyl groups is 1. The predicted octanol–water partition coefficient (Wildman–Crippen LogP) is 3.18. The molecule has 1 aliphatic rings. The van der Waals surface area contributed by atoms with E-state index in [9.17, 15) is 10.2 Å². The van der Waals surface area contributed by atoms with E-state index >= 15 is 0 Å². The van der Waals surface area contributed by atoms with Crippen molar-refractivity contribution in [3.8, 4) is 0 Å². The lowest BCUT2D eigenvalue weighted by atomic mass is 9.84. The third-order valence-electron chi connectivity index (χ3n) is 4.57. The fraction of sp³-hybridized carbons (Fsp3) is 0.238. The van der Waals surface area contributed by atoms with Gasteiger partial charge in [-0.15, -0.1) is 0 Å². The lowest BCUT2D eigenvalue weighted by Crippen LogP contribution is -2.20. The van der Waals surface area contributed by atoms with E-state index in [0.717, 1.165) is 28.1 Å². The van der Waals surface area contributed by atoms with Gasteiger partial charge in [0, 0.05) is 50.7 Å². The number of aryl methyl sites for hydroxylation is 1. The van der Waals surface area contributed by atoms with Crippen molar-refractivity contribution in [2.24, 2.45) is 0 Å². The Hall–Kier alpha value is -2.88. The van der Waals surface area contributed by atoms with Crippen LogP contribution in [-0.4, -0.2) is 33.3 Å². The van der Waals surface area contributed by atoms with Crippen molar-refractivity contribution in [2.45, 2.75) is 6.92 Å². The summed E-state index contributed by atoms with van der Waals surface area (Å²) < 4.78 is 0. The third kappa shape index (κ3) is 2.84. The molecular weight excluding hydrogens is 312 g/mol. The van der Waals surface area contributed by atoms with E-state index in [1.54, 1.807) is 0 Å². The van der Waals surface area contributed by atoms with Gasteiger partial charge >= 0.3 is 0 Å². The smallest absolute Gasteiger partial charge is 0.130 e. The van der Waals surface area contributed by atoms with Gasteiger partial charge in [0.2, 0.25) is 0 Å². The molecule has 0 atom stereocenters. The highest BCUT2D eigenvalue weighted by Gasteiger charge is 2.25. The molecule has 0 saturated heterocycles. The van der Waals surface area contributed by atoms with E-state index < -0.39 is 0 Å². The Morgan fingerprint density at radius 1 is 0.800 bits per heavy atom. The molecule has 0 unspecified atom stereocenters. The first-order chi connectivity index (χ1) is 11.8. The van der Waals surface area contributed by atoms with Crippen molar-refractivity contribution in [3.05, 3.63) is 70.7 Å². The number of allylic oxidation sites excluding steroid dienone is 2. The summed E-state index contributed by atoms with van der Waals surface area (Å²) in [6, 6.07) is 13.4. The molecule has 0 spiro atoms. The van der Waals surface area contributed by atoms with Gasteiger partial charge < -0.3 is 20.0 Å². The molecule has 0 saturated carbocycles. The lowest BCUT2D eigenvalue weighted by Gasteiger charge is -2.33. The average molecular weight is 335 g/mol. The van der Waals surface area contributed by atoms with Gasteiger partial charge in [0.05, 0.1) is 0 Å². The Labute approximate surface area is 148 Å². The summed E-state index contributed by atoms with van der Waals surface area (Å²) in [5.41, 5.74) is 5.53. The van der Waals surface area contributed by atoms with Crippen LogP contribution in [0.2, 0.25) is 0 Å². The highest BCUT2D eigenvalue weighted by Crippen LogP contribution is 2.43. The van der Waals surface area contributed by atoms with Crippen molar-refractivity contribution < 1.29 is 10.2 Å². The van der Waals surface area contributed by atoms with E-state index in [-0.39, 0.29) is 11.5 Å². The van der Waals surface area contributed by atoms with Gasteiger partial charge in [-0.05, 0) is 47.9 Å². The van der Waals surface area contributed by atoms with Crippen molar-refractivity contribution in [2.75, 3.05) is 38.0 Å². The number of hydrogen-bond donors (Lipinski definition) is 1. The largest absolute Gasteiger partial charge is 0.871 e. The average Bonchev–Trinajstić information content (AvgIpc) is 2.55. The van der Waals surface area contributed by atoms with E-state index in [0.29, 0.717) is 11.1 Å². The summed E-state index contributed by atoms with van der Waals surface area (Å²) in [6.45, 7) is 2.00. The zero-order valence-electron chi connectivity index (χ0n) is 15.3. The molecule has 25 heavy (non-hydrogen) atoms. The number of anilines is 2. The first-order valence-electron chi connectivity index (χ1n) is 8.22. The number of hydrogen-bond acceptors (Lipinski definition) is 4. The molecule has 1 aliphatic carbocycles. The molecule has 0 radical (unpaired) electrons. The maximum absolute atomic E-state index is 12.6. The van der Waals surface area contributed by atoms with E-state index in [1.807, 2.05) is 87.4 Å². The zero-order chi connectivity index (χ0) is 18.3. The van der Waals surface area contributed by atoms with E-state index in [1.165, 1.54) is 0 Å². The maximum atomic E-state index is 12.6. The van der Waals surface area contributed by atoms with Gasteiger partial charge in [0.25, 0.3) is 0 Å². The Morgan fingerprint density at radius 3 is 1.88 bits per heavy atom. The van der Waals surface area contributed by atoms with Crippen LogP contribution in [0.3, 0.4) is 0 Å². The molecule has 0 bridgehead atoms. The molecule has 130 valence electrons. The topological polar surface area (TPSA) is 49.8 Å². The molecule has 0 aromatic heterocycles. The molecule has 2 aromatic rings. The van der Waals surface area contributed by atoms with Crippen LogP contribution in [0.15, 0.2) is 54.0 Å². The number of rotatable bonds is 4. The second-order valence-corrected chi connectivity index (χ2v) is 6.76. The van der Waals surface area contributed by atoms with Crippen molar-refractivity contribution >= 4 is 22.5 Å². The van der Waals surface area contributed by atoms with Crippen LogP contribution in [-0.2, 0) is 0 Å². The van der Waals surface area contributed by atoms with Crippen molar-refractivity contribution in [1.82, 2.24) is 0 Å². The first-order valence-corrected chi connectivity index (χ1v) is 8.22. The minimum atomic E-state index is -0.105. The van der Waals surface area contributed by atoms with Crippen LogP contribution in [0.4, 0.5) is 11.4 Å². The van der Waals surface area contributed by atoms with Crippen LogP contribution in [0.1, 0.15) is 16.7 Å². The van der Waals surface area contributed by atoms with Gasteiger partial charge in [-0.2, -0.15) is 0 Å². The van der Waals surface area contributed by atoms with Crippen LogP contribution < -0.4 is 14.9 Å². The molecule has 0 fully saturated rings. The molecule has 4 heteroatoms. The van der Waals surface area contributed by atoms with Crippen molar-refractivity contribution in [1.29, 1.82) is 0 Å². The van der Waals surface area contributed by atoms with Crippen LogP contribution in [0, 0.1) is 6.92 Å². The highest BCUT2D eigenvalue weighted by molar-refractivity contribution is 6.06. The maximum Gasteiger partial charge on any atom is 0.130 e. The minimum Gasteiger partial charge on any atom is -0.871 e. The molecule has 0 amide bonds. The summed E-state index contributed by atoms with van der Waals surface area (Å²) in [7, 11) is 7.89. The Bertz CT molecular complexity index is 875. The van der Waals surface area contributed by atoms with Gasteiger partial charge in [-0.1, -0.05) is 24.0 Å². The van der Waals surface area contributed by atoms with Gasteiger partial charge in [0.1, 0.15) is 5.76 Å². The van der Waals surface area contributed by atoms with Crippen molar-refractivity contribution in [3.63, 3.8) is 0 Å². The lowest BCUT2D eigenvalue weighted by molar-refractivity contribution is -0.293. The normalized spacial score (nSPS) is 13.8. The fourth-order valence-corrected chi connectivity index (χ4v) is 3.18. The minimum absolute atomic E-state index is 0.0830. The standard InChI is InChI=1S/C21H24N2O2/c1-13-12-15(8-11-17(13)23(4)5)19-20(24)18(21(19)25)14-6-9-16(10-7-14)22(2)3/h6-12,24-25H,1-5H3/p-1. The third-order valence-corrected chi connectivity index (χ3v) is 4.57. The molecule has 2 aromatic carbocycles. The molecule has 4 nitrogen and oxygen atoms in total. The summed E-state index contributed by atoms with van der Waals surface area (Å²) >= 11 is 0. The SMILES string of the molecule is Cc1cc(C2=C([O-])C(c3ccc(N(C)C)cc3)=C2O)ccc1N(C)C. The molecule has 1 N–H and O–H groups in total. The fourth-order valence-electron chi connectivity index (χ4n) is 3.18. The quantitative estimate of drug-likeness (QED) is 0.932. The van der Waals surface area contributed by atoms with Gasteiger partial charge in [0.15, 0.2) is 0 Å². The number of aliphatic hydroxyl groups excluding tert-OH is 1. The summed E-state index contributed by atoms with van der Waals surface area (Å²) in [5.74, 6) is -0.0216. The predicted molar refractivity (Wildman–Crippen MR) is 103 cm³/mol. The Kier molecular flexibility index (Phi) is 4.21. The molecular formula is C21H23N2O2-. The monoisotopic (exact) mass is 335 g/mol. The number of benzene rings is 2. The highest BCUT2D eigenvalue weighted by atomic mass is 16.3. The van der Waals surface area contributed by atoms with E-state index in [2.05, 4.69) is 0 Å². The Morgan fingerprint density at radius 2 is 1.40 bits per heavy atom. The van der Waals surface area contributed by atoms with Gasteiger partial charge in [-0.3, -0.25) is 0 Å². The summed E-state index contributed by atoms with van der Waals surface area (Å²) in [4.78, 5) is 4.02. The second kappa shape index (κ2) is 6.20. The zero-order valence-corrected chi connectivity index (χ0v) is 15.3. The second-order valence-electron chi connectivity index (χ2n) is 6.76. The van der Waals surface area contributed by atoms with Gasteiger partial charge in [-0.25, -0.2) is 0 Å². The van der Waals surface area contributed by atoms with Crippen LogP contribution >= 0.6 is 0 Å². The summed E-state index contributed by atoms with van der Waals surface area (Å²) in [5, 5.41) is 23.1.